The maximum Gasteiger partial charge on any atom is 0.269 e. The summed E-state index contributed by atoms with van der Waals surface area (Å²) in [5, 5.41) is 10.7. The molecule has 0 aliphatic heterocycles. The highest BCUT2D eigenvalue weighted by Crippen LogP contribution is 2.43. The van der Waals surface area contributed by atoms with Crippen molar-refractivity contribution >= 4 is 21.6 Å². The molecule has 1 aliphatic rings. The van der Waals surface area contributed by atoms with Gasteiger partial charge in [0, 0.05) is 17.0 Å². The zero-order chi connectivity index (χ0) is 15.6. The second-order valence-corrected chi connectivity index (χ2v) is 8.46. The van der Waals surface area contributed by atoms with Gasteiger partial charge in [-0.1, -0.05) is 48.8 Å². The number of alkyl halides is 1. The molecule has 4 heteroatoms. The lowest BCUT2D eigenvalue weighted by atomic mass is 9.68. The van der Waals surface area contributed by atoms with Crippen molar-refractivity contribution in [3.8, 4) is 0 Å². The normalized spacial score (nSPS) is 26.6. The summed E-state index contributed by atoms with van der Waals surface area (Å²) < 4.78 is 0. The summed E-state index contributed by atoms with van der Waals surface area (Å²) in [4.78, 5) is 10.9. The van der Waals surface area contributed by atoms with E-state index in [1.807, 2.05) is 12.1 Å². The molecular weight excluding hydrogens is 330 g/mol. The smallest absolute Gasteiger partial charge is 0.258 e. The van der Waals surface area contributed by atoms with E-state index < -0.39 is 0 Å². The predicted octanol–water partition coefficient (Wildman–Crippen LogP) is 5.36. The second-order valence-electron chi connectivity index (χ2n) is 7.28. The summed E-state index contributed by atoms with van der Waals surface area (Å²) in [6.45, 7) is 6.99. The van der Waals surface area contributed by atoms with E-state index >= 15 is 0 Å². The van der Waals surface area contributed by atoms with Crippen molar-refractivity contribution in [1.82, 2.24) is 0 Å². The Kier molecular flexibility index (Phi) is 5.07. The molecule has 0 bridgehead atoms. The number of nitro benzene ring substituents is 1. The highest BCUT2D eigenvalue weighted by Gasteiger charge is 2.34. The number of nitrogens with zero attached hydrogens (tertiary/aromatic N) is 1. The fraction of sp³-hybridized carbons (Fsp3) is 0.647. The van der Waals surface area contributed by atoms with Crippen LogP contribution in [0.25, 0.3) is 0 Å². The Hall–Kier alpha value is -0.900. The van der Waals surface area contributed by atoms with Gasteiger partial charge in [-0.2, -0.15) is 0 Å². The van der Waals surface area contributed by atoms with Crippen molar-refractivity contribution in [2.45, 2.75) is 51.3 Å². The zero-order valence-corrected chi connectivity index (χ0v) is 14.6. The molecule has 1 saturated carbocycles. The van der Waals surface area contributed by atoms with Gasteiger partial charge in [-0.3, -0.25) is 10.1 Å². The van der Waals surface area contributed by atoms with Crippen molar-refractivity contribution in [3.63, 3.8) is 0 Å². The fourth-order valence-electron chi connectivity index (χ4n) is 3.28. The van der Waals surface area contributed by atoms with Gasteiger partial charge in [-0.05, 0) is 48.5 Å². The number of hydrogen-bond donors (Lipinski definition) is 0. The van der Waals surface area contributed by atoms with Gasteiger partial charge in [-0.25, -0.2) is 0 Å². The number of benzene rings is 1. The average molecular weight is 354 g/mol. The monoisotopic (exact) mass is 353 g/mol. The molecule has 1 aliphatic carbocycles. The van der Waals surface area contributed by atoms with Gasteiger partial charge in [-0.15, -0.1) is 0 Å². The quantitative estimate of drug-likeness (QED) is 0.416. The Morgan fingerprint density at radius 3 is 2.38 bits per heavy atom. The van der Waals surface area contributed by atoms with Crippen LogP contribution in [0.2, 0.25) is 0 Å². The average Bonchev–Trinajstić information content (AvgIpc) is 2.40. The minimum Gasteiger partial charge on any atom is -0.258 e. The molecule has 116 valence electrons. The maximum absolute atomic E-state index is 10.7. The third-order valence-corrected chi connectivity index (χ3v) is 5.96. The number of hydrogen-bond acceptors (Lipinski definition) is 2. The summed E-state index contributed by atoms with van der Waals surface area (Å²) in [7, 11) is 0. The van der Waals surface area contributed by atoms with Crippen LogP contribution in [-0.4, -0.2) is 9.75 Å². The Morgan fingerprint density at radius 1 is 1.24 bits per heavy atom. The zero-order valence-electron chi connectivity index (χ0n) is 13.0. The Balaban J connectivity index is 2.04. The Labute approximate surface area is 135 Å². The van der Waals surface area contributed by atoms with Crippen LogP contribution >= 0.6 is 15.9 Å². The van der Waals surface area contributed by atoms with E-state index in [1.54, 1.807) is 12.1 Å². The van der Waals surface area contributed by atoms with Crippen LogP contribution in [0.15, 0.2) is 24.3 Å². The van der Waals surface area contributed by atoms with Gasteiger partial charge in [0.15, 0.2) is 0 Å². The van der Waals surface area contributed by atoms with Gasteiger partial charge in [0.05, 0.1) is 4.92 Å². The van der Waals surface area contributed by atoms with E-state index in [-0.39, 0.29) is 10.6 Å². The third kappa shape index (κ3) is 4.29. The van der Waals surface area contributed by atoms with Crippen molar-refractivity contribution in [2.24, 2.45) is 17.3 Å². The van der Waals surface area contributed by atoms with E-state index in [1.165, 1.54) is 24.8 Å². The highest BCUT2D eigenvalue weighted by atomic mass is 79.9. The fourth-order valence-corrected chi connectivity index (χ4v) is 3.95. The van der Waals surface area contributed by atoms with Gasteiger partial charge >= 0.3 is 0 Å². The first-order valence-electron chi connectivity index (χ1n) is 7.65. The lowest BCUT2D eigenvalue weighted by Crippen LogP contribution is -2.33. The van der Waals surface area contributed by atoms with Crippen molar-refractivity contribution in [1.29, 1.82) is 0 Å². The van der Waals surface area contributed by atoms with Crippen LogP contribution in [0.1, 0.15) is 45.6 Å². The van der Waals surface area contributed by atoms with Gasteiger partial charge < -0.3 is 0 Å². The summed E-state index contributed by atoms with van der Waals surface area (Å²) in [6, 6.07) is 7.03. The number of halogens is 1. The second kappa shape index (κ2) is 6.47. The molecule has 0 spiro atoms. The summed E-state index contributed by atoms with van der Waals surface area (Å²) >= 11 is 3.84. The highest BCUT2D eigenvalue weighted by molar-refractivity contribution is 9.09. The van der Waals surface area contributed by atoms with E-state index in [0.717, 1.165) is 12.3 Å². The number of non-ortho nitro benzene ring substituents is 1. The molecule has 1 aromatic carbocycles. The molecule has 1 fully saturated rings. The molecule has 0 N–H and O–H groups in total. The standard InChI is InChI=1S/C17H24BrNO2/c1-17(2,3)14-6-9-16(18)13(11-14)10-12-4-7-15(8-5-12)19(20)21/h4-5,7-8,13-14,16H,6,9-11H2,1-3H3. The van der Waals surface area contributed by atoms with Crippen LogP contribution in [-0.2, 0) is 6.42 Å². The lowest BCUT2D eigenvalue weighted by molar-refractivity contribution is -0.384. The largest absolute Gasteiger partial charge is 0.269 e. The van der Waals surface area contributed by atoms with Crippen LogP contribution in [0, 0.1) is 27.4 Å². The van der Waals surface area contributed by atoms with Gasteiger partial charge in [0.1, 0.15) is 0 Å². The van der Waals surface area contributed by atoms with Crippen LogP contribution < -0.4 is 0 Å². The Bertz CT molecular complexity index is 493. The first-order chi connectivity index (χ1) is 9.77. The minimum atomic E-state index is -0.340. The summed E-state index contributed by atoms with van der Waals surface area (Å²) in [5.74, 6) is 1.37. The van der Waals surface area contributed by atoms with E-state index in [9.17, 15) is 10.1 Å². The Morgan fingerprint density at radius 2 is 1.86 bits per heavy atom. The van der Waals surface area contributed by atoms with E-state index in [4.69, 9.17) is 0 Å². The number of nitro groups is 1. The summed E-state index contributed by atoms with van der Waals surface area (Å²) in [5.41, 5.74) is 1.73. The van der Waals surface area contributed by atoms with Gasteiger partial charge in [0.25, 0.3) is 5.69 Å². The molecule has 0 aromatic heterocycles. The molecule has 0 amide bonds. The molecule has 3 atom stereocenters. The molecule has 3 unspecified atom stereocenters. The number of rotatable bonds is 3. The lowest BCUT2D eigenvalue weighted by Gasteiger charge is -2.40. The molecule has 0 radical (unpaired) electrons. The van der Waals surface area contributed by atoms with E-state index in [2.05, 4.69) is 36.7 Å². The maximum atomic E-state index is 10.7. The first-order valence-corrected chi connectivity index (χ1v) is 8.56. The van der Waals surface area contributed by atoms with Crippen LogP contribution in [0.4, 0.5) is 5.69 Å². The van der Waals surface area contributed by atoms with Crippen molar-refractivity contribution in [2.75, 3.05) is 0 Å². The first kappa shape index (κ1) is 16.5. The molecule has 3 nitrogen and oxygen atoms in total. The van der Waals surface area contributed by atoms with Crippen molar-refractivity contribution < 1.29 is 4.92 Å². The van der Waals surface area contributed by atoms with E-state index in [0.29, 0.717) is 16.2 Å². The molecular formula is C17H24BrNO2. The van der Waals surface area contributed by atoms with Crippen molar-refractivity contribution in [3.05, 3.63) is 39.9 Å². The third-order valence-electron chi connectivity index (χ3n) is 4.76. The summed E-state index contributed by atoms with van der Waals surface area (Å²) in [6.07, 6.45) is 4.74. The topological polar surface area (TPSA) is 43.1 Å². The predicted molar refractivity (Wildman–Crippen MR) is 89.8 cm³/mol. The molecule has 1 aromatic rings. The SMILES string of the molecule is CC(C)(C)C1CCC(Br)C(Cc2ccc([N+](=O)[O-])cc2)C1. The molecule has 2 rings (SSSR count). The molecule has 21 heavy (non-hydrogen) atoms. The van der Waals surface area contributed by atoms with Gasteiger partial charge in [0.2, 0.25) is 0 Å². The minimum absolute atomic E-state index is 0.172. The molecule has 0 heterocycles. The molecule has 0 saturated heterocycles. The van der Waals surface area contributed by atoms with Crippen LogP contribution in [0.5, 0.6) is 0 Å². The van der Waals surface area contributed by atoms with Crippen LogP contribution in [0.3, 0.4) is 0 Å².